The molecular formula is C16H21BrClN3OS. The lowest BCUT2D eigenvalue weighted by molar-refractivity contribution is -0.121. The van der Waals surface area contributed by atoms with Gasteiger partial charge in [-0.15, -0.1) is 23.7 Å². The zero-order chi connectivity index (χ0) is 16.3. The van der Waals surface area contributed by atoms with Gasteiger partial charge in [0.25, 0.3) is 0 Å². The van der Waals surface area contributed by atoms with E-state index in [-0.39, 0.29) is 30.4 Å². The van der Waals surface area contributed by atoms with Crippen molar-refractivity contribution in [2.24, 2.45) is 5.73 Å². The van der Waals surface area contributed by atoms with Gasteiger partial charge in [-0.2, -0.15) is 0 Å². The van der Waals surface area contributed by atoms with Gasteiger partial charge in [-0.05, 0) is 32.9 Å². The maximum absolute atomic E-state index is 11.9. The fraction of sp³-hybridized carbons (Fsp3) is 0.375. The van der Waals surface area contributed by atoms with Crippen LogP contribution in [0.3, 0.4) is 0 Å². The van der Waals surface area contributed by atoms with Crippen LogP contribution in [0.2, 0.25) is 0 Å². The third-order valence-corrected chi connectivity index (χ3v) is 5.12. The molecule has 1 amide bonds. The summed E-state index contributed by atoms with van der Waals surface area (Å²) in [6.07, 6.45) is 0.335. The number of nitrogens with zero attached hydrogens (tertiary/aromatic N) is 1. The second-order valence-corrected chi connectivity index (χ2v) is 7.39. The average Bonchev–Trinajstić information content (AvgIpc) is 2.80. The quantitative estimate of drug-likeness (QED) is 0.764. The molecule has 0 radical (unpaired) electrons. The van der Waals surface area contributed by atoms with Crippen LogP contribution in [0.4, 0.5) is 0 Å². The maximum atomic E-state index is 11.9. The molecule has 2 unspecified atom stereocenters. The molecular weight excluding hydrogens is 398 g/mol. The smallest absolute Gasteiger partial charge is 0.222 e. The van der Waals surface area contributed by atoms with Crippen molar-refractivity contribution < 1.29 is 4.79 Å². The number of aryl methyl sites for hydroxylation is 1. The molecule has 0 saturated heterocycles. The Morgan fingerprint density at radius 2 is 1.96 bits per heavy atom. The highest BCUT2D eigenvalue weighted by Gasteiger charge is 2.17. The van der Waals surface area contributed by atoms with E-state index in [9.17, 15) is 4.79 Å². The molecule has 2 aromatic rings. The first-order valence-electron chi connectivity index (χ1n) is 7.15. The Morgan fingerprint density at radius 3 is 2.52 bits per heavy atom. The highest BCUT2D eigenvalue weighted by atomic mass is 79.9. The van der Waals surface area contributed by atoms with Crippen molar-refractivity contribution in [3.8, 4) is 10.6 Å². The lowest BCUT2D eigenvalue weighted by Gasteiger charge is -2.13. The predicted octanol–water partition coefficient (Wildman–Crippen LogP) is 4.22. The Morgan fingerprint density at radius 1 is 1.35 bits per heavy atom. The first-order chi connectivity index (χ1) is 10.4. The summed E-state index contributed by atoms with van der Waals surface area (Å²) >= 11 is 5.05. The molecule has 2 atom stereocenters. The Hall–Kier alpha value is -0.950. The number of benzene rings is 1. The van der Waals surface area contributed by atoms with Crippen LogP contribution in [0.5, 0.6) is 0 Å². The van der Waals surface area contributed by atoms with Crippen LogP contribution in [0.25, 0.3) is 10.6 Å². The normalized spacial score (nSPS) is 13.1. The van der Waals surface area contributed by atoms with Gasteiger partial charge in [0, 0.05) is 22.5 Å². The molecule has 126 valence electrons. The molecule has 7 heteroatoms. The molecule has 0 aliphatic heterocycles. The summed E-state index contributed by atoms with van der Waals surface area (Å²) in [4.78, 5) is 17.6. The molecule has 2 rings (SSSR count). The van der Waals surface area contributed by atoms with E-state index in [1.54, 1.807) is 11.3 Å². The molecule has 0 spiro atoms. The third-order valence-electron chi connectivity index (χ3n) is 3.20. The monoisotopic (exact) mass is 417 g/mol. The van der Waals surface area contributed by atoms with Crippen LogP contribution in [0.1, 0.15) is 36.9 Å². The van der Waals surface area contributed by atoms with Gasteiger partial charge in [0.15, 0.2) is 0 Å². The molecule has 0 bridgehead atoms. The molecule has 23 heavy (non-hydrogen) atoms. The average molecular weight is 419 g/mol. The second-order valence-electron chi connectivity index (χ2n) is 5.45. The van der Waals surface area contributed by atoms with E-state index in [1.807, 2.05) is 45.0 Å². The van der Waals surface area contributed by atoms with E-state index in [1.165, 1.54) is 0 Å². The van der Waals surface area contributed by atoms with Crippen molar-refractivity contribution in [3.05, 3.63) is 39.3 Å². The molecule has 1 heterocycles. The fourth-order valence-electron chi connectivity index (χ4n) is 2.18. The van der Waals surface area contributed by atoms with Crippen LogP contribution >= 0.6 is 39.7 Å². The number of nitrogens with one attached hydrogen (secondary N) is 1. The van der Waals surface area contributed by atoms with E-state index < -0.39 is 0 Å². The van der Waals surface area contributed by atoms with Crippen LogP contribution in [-0.4, -0.2) is 16.9 Å². The number of halogens is 2. The van der Waals surface area contributed by atoms with Gasteiger partial charge in [0.05, 0.1) is 16.6 Å². The largest absolute Gasteiger partial charge is 0.349 e. The summed E-state index contributed by atoms with van der Waals surface area (Å²) in [5, 5.41) is 3.95. The van der Waals surface area contributed by atoms with Crippen molar-refractivity contribution in [2.75, 3.05) is 0 Å². The number of nitrogens with two attached hydrogens (primary N) is 1. The summed E-state index contributed by atoms with van der Waals surface area (Å²) in [6.45, 7) is 5.78. The molecule has 1 aromatic carbocycles. The Balaban J connectivity index is 0.00000264. The molecule has 0 aliphatic rings. The van der Waals surface area contributed by atoms with Crippen LogP contribution < -0.4 is 11.1 Å². The minimum absolute atomic E-state index is 0. The molecule has 4 nitrogen and oxygen atoms in total. The van der Waals surface area contributed by atoms with Gasteiger partial charge >= 0.3 is 0 Å². The summed E-state index contributed by atoms with van der Waals surface area (Å²) < 4.78 is 1.04. The van der Waals surface area contributed by atoms with Crippen molar-refractivity contribution in [1.29, 1.82) is 0 Å². The van der Waals surface area contributed by atoms with Crippen LogP contribution in [-0.2, 0) is 4.79 Å². The number of carbonyl (C=O) groups is 1. The first-order valence-corrected chi connectivity index (χ1v) is 8.76. The lowest BCUT2D eigenvalue weighted by atomic mass is 10.2. The van der Waals surface area contributed by atoms with Crippen LogP contribution in [0, 0.1) is 6.92 Å². The first kappa shape index (κ1) is 20.1. The van der Waals surface area contributed by atoms with Gasteiger partial charge < -0.3 is 11.1 Å². The fourth-order valence-corrected chi connectivity index (χ4v) is 3.52. The number of aromatic nitrogens is 1. The zero-order valence-corrected chi connectivity index (χ0v) is 16.5. The predicted molar refractivity (Wildman–Crippen MR) is 102 cm³/mol. The van der Waals surface area contributed by atoms with Crippen molar-refractivity contribution >= 4 is 45.6 Å². The number of hydrogen-bond donors (Lipinski definition) is 2. The zero-order valence-electron chi connectivity index (χ0n) is 13.3. The van der Waals surface area contributed by atoms with Gasteiger partial charge in [-0.3, -0.25) is 4.79 Å². The summed E-state index contributed by atoms with van der Waals surface area (Å²) in [7, 11) is 0. The topological polar surface area (TPSA) is 68.0 Å². The minimum Gasteiger partial charge on any atom is -0.349 e. The molecule has 3 N–H and O–H groups in total. The SMILES string of the molecule is Cc1nc(-c2ccc(Br)cc2)sc1C(C)NC(=O)CC(C)N.Cl. The van der Waals surface area contributed by atoms with Gasteiger partial charge in [-0.25, -0.2) is 4.98 Å². The summed E-state index contributed by atoms with van der Waals surface area (Å²) in [5.74, 6) is -0.0273. The molecule has 1 aromatic heterocycles. The van der Waals surface area contributed by atoms with Crippen molar-refractivity contribution in [2.45, 2.75) is 39.3 Å². The molecule has 0 fully saturated rings. The van der Waals surface area contributed by atoms with Gasteiger partial charge in [0.2, 0.25) is 5.91 Å². The van der Waals surface area contributed by atoms with E-state index in [0.29, 0.717) is 6.42 Å². The van der Waals surface area contributed by atoms with E-state index in [2.05, 4.69) is 26.2 Å². The Kier molecular flexibility index (Phi) is 7.67. The number of amides is 1. The maximum Gasteiger partial charge on any atom is 0.222 e. The number of rotatable bonds is 5. The second kappa shape index (κ2) is 8.78. The highest BCUT2D eigenvalue weighted by molar-refractivity contribution is 9.10. The Labute approximate surface area is 155 Å². The van der Waals surface area contributed by atoms with E-state index >= 15 is 0 Å². The number of thiazole rings is 1. The van der Waals surface area contributed by atoms with Crippen molar-refractivity contribution in [3.63, 3.8) is 0 Å². The highest BCUT2D eigenvalue weighted by Crippen LogP contribution is 2.32. The lowest BCUT2D eigenvalue weighted by Crippen LogP contribution is -2.31. The van der Waals surface area contributed by atoms with Crippen LogP contribution in [0.15, 0.2) is 28.7 Å². The van der Waals surface area contributed by atoms with Gasteiger partial charge in [-0.1, -0.05) is 28.1 Å². The summed E-state index contributed by atoms with van der Waals surface area (Å²) in [6, 6.07) is 7.87. The minimum atomic E-state index is -0.131. The molecule has 0 saturated carbocycles. The Bertz CT molecular complexity index is 658. The van der Waals surface area contributed by atoms with E-state index in [0.717, 1.165) is 25.6 Å². The van der Waals surface area contributed by atoms with Crippen molar-refractivity contribution in [1.82, 2.24) is 10.3 Å². The number of carbonyl (C=O) groups excluding carboxylic acids is 1. The standard InChI is InChI=1S/C16H20BrN3OS.ClH/c1-9(18)8-14(21)19-10(2)15-11(3)20-16(22-15)12-4-6-13(17)7-5-12;/h4-7,9-10H,8,18H2,1-3H3,(H,19,21);1H. The molecule has 0 aliphatic carbocycles. The van der Waals surface area contributed by atoms with Gasteiger partial charge in [0.1, 0.15) is 5.01 Å². The third kappa shape index (κ3) is 5.57. The van der Waals surface area contributed by atoms with E-state index in [4.69, 9.17) is 5.73 Å². The number of hydrogen-bond acceptors (Lipinski definition) is 4. The summed E-state index contributed by atoms with van der Waals surface area (Å²) in [5.41, 5.74) is 7.69.